The van der Waals surface area contributed by atoms with Crippen molar-refractivity contribution in [2.45, 2.75) is 6.92 Å². The van der Waals surface area contributed by atoms with Crippen molar-refractivity contribution in [3.05, 3.63) is 28.8 Å². The Morgan fingerprint density at radius 2 is 2.12 bits per heavy atom. The highest BCUT2D eigenvalue weighted by Gasteiger charge is 2.13. The molecule has 0 aliphatic heterocycles. The molecule has 3 N–H and O–H groups in total. The van der Waals surface area contributed by atoms with Gasteiger partial charge in [-0.05, 0) is 25.1 Å². The molecule has 0 aromatic heterocycles. The van der Waals surface area contributed by atoms with Crippen LogP contribution in [0, 0.1) is 0 Å². The molecule has 0 aliphatic rings. The summed E-state index contributed by atoms with van der Waals surface area (Å²) < 4.78 is 0. The summed E-state index contributed by atoms with van der Waals surface area (Å²) in [5.41, 5.74) is 5.82. The second-order valence-electron chi connectivity index (χ2n) is 3.45. The summed E-state index contributed by atoms with van der Waals surface area (Å²) in [5.74, 6) is -1.51. The van der Waals surface area contributed by atoms with E-state index in [2.05, 4.69) is 0 Å². The lowest BCUT2D eigenvalue weighted by molar-refractivity contribution is -0.116. The summed E-state index contributed by atoms with van der Waals surface area (Å²) in [5, 5.41) is 9.08. The van der Waals surface area contributed by atoms with Gasteiger partial charge in [0.25, 0.3) is 0 Å². The molecule has 0 atom stereocenters. The van der Waals surface area contributed by atoms with Gasteiger partial charge in [0.2, 0.25) is 5.91 Å². The van der Waals surface area contributed by atoms with Crippen LogP contribution in [0.2, 0.25) is 5.02 Å². The van der Waals surface area contributed by atoms with Crippen molar-refractivity contribution in [1.82, 2.24) is 0 Å². The van der Waals surface area contributed by atoms with E-state index >= 15 is 0 Å². The zero-order chi connectivity index (χ0) is 13.0. The molecule has 1 rings (SSSR count). The predicted octanol–water partition coefficient (Wildman–Crippen LogP) is 1.35. The van der Waals surface area contributed by atoms with E-state index in [0.29, 0.717) is 12.2 Å². The van der Waals surface area contributed by atoms with Gasteiger partial charge in [0.05, 0.1) is 22.8 Å². The van der Waals surface area contributed by atoms with Crippen LogP contribution in [0.4, 0.5) is 5.69 Å². The Morgan fingerprint density at radius 3 is 2.53 bits per heavy atom. The average Bonchev–Trinajstić information content (AvgIpc) is 2.25. The standard InChI is InChI=1S/C11H13ClN2O3/c1-2-14(6-10(13)15)9-4-3-7(11(16)17)5-8(9)12/h3-5H,2,6H2,1H3,(H2,13,15)(H,16,17). The molecule has 0 saturated carbocycles. The van der Waals surface area contributed by atoms with Crippen molar-refractivity contribution in [1.29, 1.82) is 0 Å². The molecule has 5 nitrogen and oxygen atoms in total. The fraction of sp³-hybridized carbons (Fsp3) is 0.273. The number of likely N-dealkylation sites (N-methyl/N-ethyl adjacent to an activating group) is 1. The number of carboxylic acid groups (broad SMARTS) is 1. The highest BCUT2D eigenvalue weighted by Crippen LogP contribution is 2.26. The molecule has 0 radical (unpaired) electrons. The molecular weight excluding hydrogens is 244 g/mol. The number of carbonyl (C=O) groups is 2. The highest BCUT2D eigenvalue weighted by molar-refractivity contribution is 6.33. The van der Waals surface area contributed by atoms with Gasteiger partial charge in [0.1, 0.15) is 0 Å². The van der Waals surface area contributed by atoms with E-state index in [-0.39, 0.29) is 17.1 Å². The first-order valence-corrected chi connectivity index (χ1v) is 5.39. The van der Waals surface area contributed by atoms with E-state index in [1.165, 1.54) is 12.1 Å². The monoisotopic (exact) mass is 256 g/mol. The zero-order valence-electron chi connectivity index (χ0n) is 9.31. The van der Waals surface area contributed by atoms with Crippen molar-refractivity contribution in [2.24, 2.45) is 5.73 Å². The Bertz CT molecular complexity index is 448. The van der Waals surface area contributed by atoms with E-state index in [1.807, 2.05) is 6.92 Å². The Morgan fingerprint density at radius 1 is 1.47 bits per heavy atom. The summed E-state index contributed by atoms with van der Waals surface area (Å²) >= 11 is 5.97. The van der Waals surface area contributed by atoms with Crippen LogP contribution < -0.4 is 10.6 Å². The number of benzene rings is 1. The van der Waals surface area contributed by atoms with Crippen LogP contribution in [0.1, 0.15) is 17.3 Å². The van der Waals surface area contributed by atoms with Crippen LogP contribution >= 0.6 is 11.6 Å². The zero-order valence-corrected chi connectivity index (χ0v) is 10.1. The number of hydrogen-bond acceptors (Lipinski definition) is 3. The number of anilines is 1. The van der Waals surface area contributed by atoms with E-state index < -0.39 is 11.9 Å². The Balaban J connectivity index is 3.04. The van der Waals surface area contributed by atoms with Crippen molar-refractivity contribution in [3.8, 4) is 0 Å². The van der Waals surface area contributed by atoms with Crippen molar-refractivity contribution in [2.75, 3.05) is 18.0 Å². The number of nitrogens with zero attached hydrogens (tertiary/aromatic N) is 1. The first-order chi connectivity index (χ1) is 7.95. The summed E-state index contributed by atoms with van der Waals surface area (Å²) in [4.78, 5) is 23.3. The lowest BCUT2D eigenvalue weighted by Crippen LogP contribution is -2.33. The first kappa shape index (κ1) is 13.3. The molecule has 0 spiro atoms. The normalized spacial score (nSPS) is 10.0. The third-order valence-electron chi connectivity index (χ3n) is 2.26. The van der Waals surface area contributed by atoms with Gasteiger partial charge < -0.3 is 15.7 Å². The molecule has 92 valence electrons. The Kier molecular flexibility index (Phi) is 4.34. The maximum Gasteiger partial charge on any atom is 0.335 e. The second-order valence-corrected chi connectivity index (χ2v) is 3.86. The lowest BCUT2D eigenvalue weighted by Gasteiger charge is -2.22. The third kappa shape index (κ3) is 3.35. The SMILES string of the molecule is CCN(CC(N)=O)c1ccc(C(=O)O)cc1Cl. The predicted molar refractivity (Wildman–Crippen MR) is 65.5 cm³/mol. The minimum atomic E-state index is -1.05. The lowest BCUT2D eigenvalue weighted by atomic mass is 10.2. The maximum absolute atomic E-state index is 10.9. The number of aromatic carboxylic acids is 1. The molecule has 0 heterocycles. The quantitative estimate of drug-likeness (QED) is 0.833. The molecule has 0 aliphatic carbocycles. The van der Waals surface area contributed by atoms with E-state index in [1.54, 1.807) is 11.0 Å². The average molecular weight is 257 g/mol. The van der Waals surface area contributed by atoms with Gasteiger partial charge in [-0.1, -0.05) is 11.6 Å². The minimum absolute atomic E-state index is 0.0443. The molecule has 6 heteroatoms. The first-order valence-electron chi connectivity index (χ1n) is 5.01. The van der Waals surface area contributed by atoms with Gasteiger partial charge in [-0.25, -0.2) is 4.79 Å². The van der Waals surface area contributed by atoms with Crippen molar-refractivity contribution < 1.29 is 14.7 Å². The number of amides is 1. The van der Waals surface area contributed by atoms with Gasteiger partial charge in [0, 0.05) is 6.54 Å². The van der Waals surface area contributed by atoms with Crippen molar-refractivity contribution >= 4 is 29.2 Å². The summed E-state index contributed by atoms with van der Waals surface area (Å²) in [6.07, 6.45) is 0. The molecule has 0 fully saturated rings. The topological polar surface area (TPSA) is 83.6 Å². The number of halogens is 1. The van der Waals surface area contributed by atoms with Crippen molar-refractivity contribution in [3.63, 3.8) is 0 Å². The Hall–Kier alpha value is -1.75. The number of primary amides is 1. The summed E-state index contributed by atoms with van der Waals surface area (Å²) in [6, 6.07) is 4.36. The maximum atomic E-state index is 10.9. The van der Waals surface area contributed by atoms with Gasteiger partial charge in [0.15, 0.2) is 0 Å². The summed E-state index contributed by atoms with van der Waals surface area (Å²) in [7, 11) is 0. The van der Waals surface area contributed by atoms with Crippen LogP contribution in [0.25, 0.3) is 0 Å². The largest absolute Gasteiger partial charge is 0.478 e. The van der Waals surface area contributed by atoms with Gasteiger partial charge >= 0.3 is 5.97 Å². The van der Waals surface area contributed by atoms with E-state index in [4.69, 9.17) is 22.4 Å². The van der Waals surface area contributed by atoms with Gasteiger partial charge in [-0.3, -0.25) is 4.79 Å². The molecule has 0 saturated heterocycles. The molecule has 1 aromatic rings. The summed E-state index contributed by atoms with van der Waals surface area (Å²) in [6.45, 7) is 2.45. The number of carbonyl (C=O) groups excluding carboxylic acids is 1. The highest BCUT2D eigenvalue weighted by atomic mass is 35.5. The smallest absolute Gasteiger partial charge is 0.335 e. The second kappa shape index (κ2) is 5.54. The van der Waals surface area contributed by atoms with Crippen LogP contribution in [-0.2, 0) is 4.79 Å². The molecule has 1 amide bonds. The number of carboxylic acids is 1. The molecule has 17 heavy (non-hydrogen) atoms. The molecule has 1 aromatic carbocycles. The van der Waals surface area contributed by atoms with Gasteiger partial charge in [-0.15, -0.1) is 0 Å². The molecule has 0 bridgehead atoms. The Labute approximate surface area is 104 Å². The number of nitrogens with two attached hydrogens (primary N) is 1. The molecular formula is C11H13ClN2O3. The van der Waals surface area contributed by atoms with E-state index in [0.717, 1.165) is 0 Å². The van der Waals surface area contributed by atoms with Crippen LogP contribution in [0.3, 0.4) is 0 Å². The molecule has 0 unspecified atom stereocenters. The number of rotatable bonds is 5. The van der Waals surface area contributed by atoms with Crippen LogP contribution in [0.15, 0.2) is 18.2 Å². The third-order valence-corrected chi connectivity index (χ3v) is 2.57. The fourth-order valence-electron chi connectivity index (χ4n) is 1.45. The van der Waals surface area contributed by atoms with Crippen LogP contribution in [-0.4, -0.2) is 30.1 Å². The minimum Gasteiger partial charge on any atom is -0.478 e. The van der Waals surface area contributed by atoms with Crippen LogP contribution in [0.5, 0.6) is 0 Å². The fourth-order valence-corrected chi connectivity index (χ4v) is 1.75. The number of hydrogen-bond donors (Lipinski definition) is 2. The van der Waals surface area contributed by atoms with E-state index in [9.17, 15) is 9.59 Å². The van der Waals surface area contributed by atoms with Gasteiger partial charge in [-0.2, -0.15) is 0 Å².